The Balaban J connectivity index is 1.91. The van der Waals surface area contributed by atoms with Crippen molar-refractivity contribution in [2.75, 3.05) is 0 Å². The molecule has 0 aliphatic rings. The summed E-state index contributed by atoms with van der Waals surface area (Å²) in [5.74, 6) is 0.296. The highest BCUT2D eigenvalue weighted by Crippen LogP contribution is 2.26. The van der Waals surface area contributed by atoms with Gasteiger partial charge in [0.15, 0.2) is 6.10 Å². The van der Waals surface area contributed by atoms with Gasteiger partial charge >= 0.3 is 0 Å². The van der Waals surface area contributed by atoms with Crippen LogP contribution >= 0.6 is 15.9 Å². The van der Waals surface area contributed by atoms with Crippen molar-refractivity contribution in [1.29, 1.82) is 0 Å². The Kier molecular flexibility index (Phi) is 5.66. The van der Waals surface area contributed by atoms with Crippen LogP contribution in [-0.2, 0) is 4.79 Å². The number of aryl methyl sites for hydroxylation is 1. The predicted octanol–water partition coefficient (Wildman–Crippen LogP) is 3.07. The molecule has 1 aromatic heterocycles. The van der Waals surface area contributed by atoms with Gasteiger partial charge in [0.25, 0.3) is 5.91 Å². The summed E-state index contributed by atoms with van der Waals surface area (Å²) in [6.07, 6.45) is 4.20. The maximum atomic E-state index is 11.9. The number of hydrazone groups is 1. The average Bonchev–Trinajstić information content (AvgIpc) is 2.51. The molecule has 1 heterocycles. The summed E-state index contributed by atoms with van der Waals surface area (Å²) in [5, 5.41) is 3.90. The molecule has 2 aromatic rings. The van der Waals surface area contributed by atoms with E-state index in [0.717, 1.165) is 15.6 Å². The van der Waals surface area contributed by atoms with Crippen LogP contribution in [0.1, 0.15) is 18.1 Å². The molecule has 2 rings (SSSR count). The van der Waals surface area contributed by atoms with Crippen LogP contribution in [0, 0.1) is 6.92 Å². The number of aromatic nitrogens is 1. The first-order valence-corrected chi connectivity index (χ1v) is 7.51. The van der Waals surface area contributed by atoms with Gasteiger partial charge in [-0.25, -0.2) is 5.43 Å². The Morgan fingerprint density at radius 2 is 2.09 bits per heavy atom. The molecular formula is C16H16BrN3O2. The summed E-state index contributed by atoms with van der Waals surface area (Å²) in [6.45, 7) is 3.65. The zero-order chi connectivity index (χ0) is 15.9. The third-order valence-corrected chi connectivity index (χ3v) is 3.47. The van der Waals surface area contributed by atoms with E-state index in [2.05, 4.69) is 31.4 Å². The van der Waals surface area contributed by atoms with Crippen molar-refractivity contribution in [3.05, 3.63) is 58.3 Å². The van der Waals surface area contributed by atoms with Crippen LogP contribution in [0.2, 0.25) is 0 Å². The van der Waals surface area contributed by atoms with Crippen molar-refractivity contribution in [1.82, 2.24) is 10.4 Å². The number of carbonyl (C=O) groups excluding carboxylic acids is 1. The molecule has 5 nitrogen and oxygen atoms in total. The summed E-state index contributed by atoms with van der Waals surface area (Å²) in [7, 11) is 0. The molecule has 0 aliphatic heterocycles. The fourth-order valence-corrected chi connectivity index (χ4v) is 2.24. The molecule has 0 saturated heterocycles. The fraction of sp³-hybridized carbons (Fsp3) is 0.188. The van der Waals surface area contributed by atoms with E-state index in [-0.39, 0.29) is 5.91 Å². The number of benzene rings is 1. The predicted molar refractivity (Wildman–Crippen MR) is 88.9 cm³/mol. The van der Waals surface area contributed by atoms with Gasteiger partial charge in [0.1, 0.15) is 5.75 Å². The third kappa shape index (κ3) is 4.66. The number of halogens is 1. The van der Waals surface area contributed by atoms with Crippen LogP contribution in [0.3, 0.4) is 0 Å². The highest BCUT2D eigenvalue weighted by molar-refractivity contribution is 9.10. The second-order valence-electron chi connectivity index (χ2n) is 4.71. The Morgan fingerprint density at radius 3 is 2.77 bits per heavy atom. The SMILES string of the molecule is Cc1ccc(O[C@H](C)C(=O)N/N=C\c2ccncc2)c(Br)c1. The van der Waals surface area contributed by atoms with Gasteiger partial charge in [0.05, 0.1) is 10.7 Å². The van der Waals surface area contributed by atoms with Crippen LogP contribution in [-0.4, -0.2) is 23.2 Å². The summed E-state index contributed by atoms with van der Waals surface area (Å²) >= 11 is 3.42. The van der Waals surface area contributed by atoms with Gasteiger partial charge in [0, 0.05) is 12.4 Å². The Hall–Kier alpha value is -2.21. The van der Waals surface area contributed by atoms with Crippen molar-refractivity contribution in [2.45, 2.75) is 20.0 Å². The monoisotopic (exact) mass is 361 g/mol. The van der Waals surface area contributed by atoms with Crippen LogP contribution in [0.5, 0.6) is 5.75 Å². The zero-order valence-electron chi connectivity index (χ0n) is 12.3. The summed E-state index contributed by atoms with van der Waals surface area (Å²) in [5.41, 5.74) is 4.41. The quantitative estimate of drug-likeness (QED) is 0.657. The second-order valence-corrected chi connectivity index (χ2v) is 5.56. The molecule has 0 saturated carbocycles. The minimum Gasteiger partial charge on any atom is -0.480 e. The van der Waals surface area contributed by atoms with Crippen LogP contribution < -0.4 is 10.2 Å². The minimum absolute atomic E-state index is 0.321. The van der Waals surface area contributed by atoms with Gasteiger partial charge in [-0.1, -0.05) is 6.07 Å². The number of nitrogens with one attached hydrogen (secondary N) is 1. The van der Waals surface area contributed by atoms with Crippen LogP contribution in [0.15, 0.2) is 52.3 Å². The van der Waals surface area contributed by atoms with E-state index in [0.29, 0.717) is 5.75 Å². The first kappa shape index (κ1) is 16.2. The molecule has 0 fully saturated rings. The first-order valence-electron chi connectivity index (χ1n) is 6.72. The largest absolute Gasteiger partial charge is 0.480 e. The average molecular weight is 362 g/mol. The first-order chi connectivity index (χ1) is 10.6. The van der Waals surface area contributed by atoms with Gasteiger partial charge in [-0.05, 0) is 65.2 Å². The van der Waals surface area contributed by atoms with Crippen LogP contribution in [0.25, 0.3) is 0 Å². The number of hydrogen-bond donors (Lipinski definition) is 1. The van der Waals surface area contributed by atoms with Crippen molar-refractivity contribution in [3.63, 3.8) is 0 Å². The normalized spacial score (nSPS) is 12.1. The fourth-order valence-electron chi connectivity index (χ4n) is 1.66. The zero-order valence-corrected chi connectivity index (χ0v) is 13.9. The number of amides is 1. The highest BCUT2D eigenvalue weighted by atomic mass is 79.9. The molecule has 0 unspecified atom stereocenters. The van der Waals surface area contributed by atoms with Gasteiger partial charge < -0.3 is 4.74 Å². The molecule has 22 heavy (non-hydrogen) atoms. The van der Waals surface area contributed by atoms with Gasteiger partial charge in [0.2, 0.25) is 0 Å². The number of nitrogens with zero attached hydrogens (tertiary/aromatic N) is 2. The molecule has 0 radical (unpaired) electrons. The third-order valence-electron chi connectivity index (χ3n) is 2.85. The number of ether oxygens (including phenoxy) is 1. The van der Waals surface area contributed by atoms with E-state index in [1.165, 1.54) is 0 Å². The van der Waals surface area contributed by atoms with Crippen molar-refractivity contribution >= 4 is 28.1 Å². The molecule has 0 bridgehead atoms. The summed E-state index contributed by atoms with van der Waals surface area (Å²) in [6, 6.07) is 9.26. The van der Waals surface area contributed by atoms with Gasteiger partial charge in [-0.3, -0.25) is 9.78 Å². The van der Waals surface area contributed by atoms with E-state index in [9.17, 15) is 4.79 Å². The lowest BCUT2D eigenvalue weighted by Crippen LogP contribution is -2.33. The van der Waals surface area contributed by atoms with Crippen molar-refractivity contribution < 1.29 is 9.53 Å². The van der Waals surface area contributed by atoms with Gasteiger partial charge in [-0.15, -0.1) is 0 Å². The van der Waals surface area contributed by atoms with Gasteiger partial charge in [-0.2, -0.15) is 5.10 Å². The smallest absolute Gasteiger partial charge is 0.280 e. The number of hydrogen-bond acceptors (Lipinski definition) is 4. The minimum atomic E-state index is -0.659. The molecule has 6 heteroatoms. The number of rotatable bonds is 5. The molecule has 0 spiro atoms. The molecule has 1 amide bonds. The number of carbonyl (C=O) groups is 1. The van der Waals surface area contributed by atoms with E-state index in [1.807, 2.05) is 25.1 Å². The maximum Gasteiger partial charge on any atom is 0.280 e. The van der Waals surface area contributed by atoms with E-state index >= 15 is 0 Å². The lowest BCUT2D eigenvalue weighted by Gasteiger charge is -2.14. The van der Waals surface area contributed by atoms with E-state index in [4.69, 9.17) is 4.74 Å². The van der Waals surface area contributed by atoms with Crippen molar-refractivity contribution in [3.8, 4) is 5.75 Å². The highest BCUT2D eigenvalue weighted by Gasteiger charge is 2.15. The Bertz CT molecular complexity index is 674. The Morgan fingerprint density at radius 1 is 1.36 bits per heavy atom. The molecule has 0 aliphatic carbocycles. The van der Waals surface area contributed by atoms with Crippen molar-refractivity contribution in [2.24, 2.45) is 5.10 Å². The van der Waals surface area contributed by atoms with E-state index < -0.39 is 6.10 Å². The van der Waals surface area contributed by atoms with E-state index in [1.54, 1.807) is 37.7 Å². The maximum absolute atomic E-state index is 11.9. The lowest BCUT2D eigenvalue weighted by atomic mass is 10.2. The second kappa shape index (κ2) is 7.70. The molecule has 1 aromatic carbocycles. The molecule has 1 atom stereocenters. The Labute approximate surface area is 137 Å². The number of pyridine rings is 1. The lowest BCUT2D eigenvalue weighted by molar-refractivity contribution is -0.127. The van der Waals surface area contributed by atoms with Crippen LogP contribution in [0.4, 0.5) is 0 Å². The summed E-state index contributed by atoms with van der Waals surface area (Å²) < 4.78 is 6.43. The summed E-state index contributed by atoms with van der Waals surface area (Å²) in [4.78, 5) is 15.8. The molecule has 1 N–H and O–H groups in total. The molecule has 114 valence electrons. The topological polar surface area (TPSA) is 63.6 Å². The standard InChI is InChI=1S/C16H16BrN3O2/c1-11-3-4-15(14(17)9-11)22-12(2)16(21)20-19-10-13-5-7-18-8-6-13/h3-10,12H,1-2H3,(H,20,21)/b19-10-/t12-/m1/s1. The molecular weight excluding hydrogens is 346 g/mol.